The van der Waals surface area contributed by atoms with Crippen LogP contribution >= 0.6 is 0 Å². The molecule has 0 saturated heterocycles. The molecule has 2 aromatic carbocycles. The van der Waals surface area contributed by atoms with Gasteiger partial charge in [0.05, 0.1) is 6.61 Å². The first-order valence-electron chi connectivity index (χ1n) is 6.22. The van der Waals surface area contributed by atoms with Crippen LogP contribution in [-0.2, 0) is 6.61 Å². The lowest BCUT2D eigenvalue weighted by Gasteiger charge is -2.16. The van der Waals surface area contributed by atoms with Crippen molar-refractivity contribution in [3.63, 3.8) is 0 Å². The minimum absolute atomic E-state index is 0.0911. The lowest BCUT2D eigenvalue weighted by atomic mass is 10.1. The predicted octanol–water partition coefficient (Wildman–Crippen LogP) is 3.66. The summed E-state index contributed by atoms with van der Waals surface area (Å²) < 4.78 is 0. The third-order valence-corrected chi connectivity index (χ3v) is 3.10. The van der Waals surface area contributed by atoms with E-state index in [-0.39, 0.29) is 12.6 Å². The molecule has 2 heteroatoms. The van der Waals surface area contributed by atoms with Crippen LogP contribution in [0, 0.1) is 6.92 Å². The number of aliphatic hydroxyl groups excluding tert-OH is 1. The molecule has 0 aliphatic heterocycles. The van der Waals surface area contributed by atoms with Gasteiger partial charge in [-0.05, 0) is 37.1 Å². The van der Waals surface area contributed by atoms with Crippen molar-refractivity contribution in [2.24, 2.45) is 0 Å². The predicted molar refractivity (Wildman–Crippen MR) is 75.6 cm³/mol. The van der Waals surface area contributed by atoms with Gasteiger partial charge in [-0.1, -0.05) is 42.0 Å². The lowest BCUT2D eigenvalue weighted by molar-refractivity contribution is 0.282. The van der Waals surface area contributed by atoms with Crippen molar-refractivity contribution in [3.8, 4) is 0 Å². The normalized spacial score (nSPS) is 12.2. The highest BCUT2D eigenvalue weighted by atomic mass is 16.3. The van der Waals surface area contributed by atoms with Crippen molar-refractivity contribution in [1.29, 1.82) is 0 Å². The van der Waals surface area contributed by atoms with E-state index in [1.165, 1.54) is 11.1 Å². The molecule has 2 nitrogen and oxygen atoms in total. The van der Waals surface area contributed by atoms with Crippen molar-refractivity contribution < 1.29 is 5.11 Å². The highest BCUT2D eigenvalue weighted by molar-refractivity contribution is 5.46. The van der Waals surface area contributed by atoms with Crippen LogP contribution < -0.4 is 5.32 Å². The summed E-state index contributed by atoms with van der Waals surface area (Å²) >= 11 is 0. The maximum atomic E-state index is 8.99. The smallest absolute Gasteiger partial charge is 0.0681 e. The van der Waals surface area contributed by atoms with Crippen LogP contribution in [0.25, 0.3) is 0 Å². The number of aliphatic hydroxyl groups is 1. The van der Waals surface area contributed by atoms with Crippen molar-refractivity contribution in [3.05, 3.63) is 65.2 Å². The summed E-state index contributed by atoms with van der Waals surface area (Å²) in [6.45, 7) is 4.33. The van der Waals surface area contributed by atoms with E-state index in [0.717, 1.165) is 11.3 Å². The average Bonchev–Trinajstić information content (AvgIpc) is 2.40. The molecule has 0 radical (unpaired) electrons. The molecule has 1 unspecified atom stereocenters. The zero-order chi connectivity index (χ0) is 13.0. The SMILES string of the molecule is Cc1ccc(C(C)Nc2ccc(CO)cc2)cc1. The number of hydrogen-bond acceptors (Lipinski definition) is 2. The van der Waals surface area contributed by atoms with E-state index in [0.29, 0.717) is 0 Å². The van der Waals surface area contributed by atoms with Crippen LogP contribution in [0.2, 0.25) is 0 Å². The summed E-state index contributed by atoms with van der Waals surface area (Å²) in [5.41, 5.74) is 4.55. The maximum absolute atomic E-state index is 8.99. The van der Waals surface area contributed by atoms with Crippen LogP contribution in [-0.4, -0.2) is 5.11 Å². The van der Waals surface area contributed by atoms with Gasteiger partial charge in [0.1, 0.15) is 0 Å². The molecule has 2 aromatic rings. The number of hydrogen-bond donors (Lipinski definition) is 2. The topological polar surface area (TPSA) is 32.3 Å². The van der Waals surface area contributed by atoms with Crippen molar-refractivity contribution >= 4 is 5.69 Å². The second-order valence-electron chi connectivity index (χ2n) is 4.63. The third kappa shape index (κ3) is 3.11. The summed E-state index contributed by atoms with van der Waals surface area (Å²) in [5, 5.41) is 12.4. The average molecular weight is 241 g/mol. The van der Waals surface area contributed by atoms with E-state index in [2.05, 4.69) is 43.4 Å². The second-order valence-corrected chi connectivity index (χ2v) is 4.63. The molecule has 0 heterocycles. The molecule has 18 heavy (non-hydrogen) atoms. The van der Waals surface area contributed by atoms with Gasteiger partial charge in [-0.3, -0.25) is 0 Å². The number of benzene rings is 2. The van der Waals surface area contributed by atoms with E-state index in [1.54, 1.807) is 0 Å². The van der Waals surface area contributed by atoms with Crippen molar-refractivity contribution in [2.45, 2.75) is 26.5 Å². The Morgan fingerprint density at radius 3 is 2.17 bits per heavy atom. The molecule has 0 aromatic heterocycles. The molecule has 0 amide bonds. The lowest BCUT2D eigenvalue weighted by Crippen LogP contribution is -2.06. The zero-order valence-electron chi connectivity index (χ0n) is 10.9. The molecule has 0 aliphatic carbocycles. The Hall–Kier alpha value is -1.80. The quantitative estimate of drug-likeness (QED) is 0.856. The van der Waals surface area contributed by atoms with E-state index >= 15 is 0 Å². The molecule has 0 aliphatic rings. The number of aryl methyl sites for hydroxylation is 1. The van der Waals surface area contributed by atoms with Crippen LogP contribution in [0.1, 0.15) is 29.7 Å². The Morgan fingerprint density at radius 1 is 1.00 bits per heavy atom. The Bertz CT molecular complexity index is 488. The summed E-state index contributed by atoms with van der Waals surface area (Å²) in [6, 6.07) is 16.7. The molecule has 0 spiro atoms. The molecule has 1 atom stereocenters. The highest BCUT2D eigenvalue weighted by Crippen LogP contribution is 2.19. The fourth-order valence-corrected chi connectivity index (χ4v) is 1.89. The summed E-state index contributed by atoms with van der Waals surface area (Å²) in [4.78, 5) is 0. The summed E-state index contributed by atoms with van der Waals surface area (Å²) in [5.74, 6) is 0. The van der Waals surface area contributed by atoms with Gasteiger partial charge in [-0.25, -0.2) is 0 Å². The maximum Gasteiger partial charge on any atom is 0.0681 e. The van der Waals surface area contributed by atoms with Gasteiger partial charge in [0.15, 0.2) is 0 Å². The van der Waals surface area contributed by atoms with Crippen molar-refractivity contribution in [1.82, 2.24) is 0 Å². The number of rotatable bonds is 4. The van der Waals surface area contributed by atoms with Gasteiger partial charge in [-0.2, -0.15) is 0 Å². The van der Waals surface area contributed by atoms with Crippen LogP contribution in [0.15, 0.2) is 48.5 Å². The van der Waals surface area contributed by atoms with Gasteiger partial charge in [0.2, 0.25) is 0 Å². The highest BCUT2D eigenvalue weighted by Gasteiger charge is 2.04. The first-order valence-corrected chi connectivity index (χ1v) is 6.22. The Morgan fingerprint density at radius 2 is 1.61 bits per heavy atom. The molecule has 94 valence electrons. The van der Waals surface area contributed by atoms with Crippen LogP contribution in [0.3, 0.4) is 0 Å². The molecule has 2 rings (SSSR count). The minimum Gasteiger partial charge on any atom is -0.392 e. The second kappa shape index (κ2) is 5.69. The van der Waals surface area contributed by atoms with Gasteiger partial charge in [0, 0.05) is 11.7 Å². The molecular weight excluding hydrogens is 222 g/mol. The Kier molecular flexibility index (Phi) is 4.00. The van der Waals surface area contributed by atoms with Gasteiger partial charge < -0.3 is 10.4 Å². The Labute approximate surface area is 108 Å². The minimum atomic E-state index is 0.0911. The number of anilines is 1. The van der Waals surface area contributed by atoms with Gasteiger partial charge in [-0.15, -0.1) is 0 Å². The fraction of sp³-hybridized carbons (Fsp3) is 0.250. The molecular formula is C16H19NO. The molecule has 0 bridgehead atoms. The first kappa shape index (κ1) is 12.7. The standard InChI is InChI=1S/C16H19NO/c1-12-3-7-15(8-4-12)13(2)17-16-9-5-14(11-18)6-10-16/h3-10,13,17-18H,11H2,1-2H3. The fourth-order valence-electron chi connectivity index (χ4n) is 1.89. The van der Waals surface area contributed by atoms with E-state index in [1.807, 2.05) is 24.3 Å². The molecule has 0 fully saturated rings. The van der Waals surface area contributed by atoms with Crippen LogP contribution in [0.4, 0.5) is 5.69 Å². The Balaban J connectivity index is 2.05. The molecule has 0 saturated carbocycles. The van der Waals surface area contributed by atoms with E-state index in [4.69, 9.17) is 5.11 Å². The molecule has 2 N–H and O–H groups in total. The summed E-state index contributed by atoms with van der Waals surface area (Å²) in [6.07, 6.45) is 0. The largest absolute Gasteiger partial charge is 0.392 e. The van der Waals surface area contributed by atoms with Gasteiger partial charge >= 0.3 is 0 Å². The van der Waals surface area contributed by atoms with E-state index < -0.39 is 0 Å². The third-order valence-electron chi connectivity index (χ3n) is 3.10. The van der Waals surface area contributed by atoms with Crippen molar-refractivity contribution in [2.75, 3.05) is 5.32 Å². The number of nitrogens with one attached hydrogen (secondary N) is 1. The summed E-state index contributed by atoms with van der Waals surface area (Å²) in [7, 11) is 0. The van der Waals surface area contributed by atoms with Crippen LogP contribution in [0.5, 0.6) is 0 Å². The van der Waals surface area contributed by atoms with E-state index in [9.17, 15) is 0 Å². The first-order chi connectivity index (χ1) is 8.69. The monoisotopic (exact) mass is 241 g/mol. The van der Waals surface area contributed by atoms with Gasteiger partial charge in [0.25, 0.3) is 0 Å². The zero-order valence-corrected chi connectivity index (χ0v) is 10.9.